The van der Waals surface area contributed by atoms with Gasteiger partial charge in [0.25, 0.3) is 5.69 Å². The molecular formula is C22H26ClNO5. The van der Waals surface area contributed by atoms with Crippen molar-refractivity contribution in [1.82, 2.24) is 0 Å². The highest BCUT2D eigenvalue weighted by molar-refractivity contribution is 6.31. The van der Waals surface area contributed by atoms with E-state index in [9.17, 15) is 14.9 Å². The molecule has 0 aliphatic rings. The lowest BCUT2D eigenvalue weighted by Crippen LogP contribution is -2.29. The van der Waals surface area contributed by atoms with Crippen molar-refractivity contribution in [3.8, 4) is 11.1 Å². The van der Waals surface area contributed by atoms with Gasteiger partial charge in [-0.25, -0.2) is 4.79 Å². The maximum atomic E-state index is 12.4. The average Bonchev–Trinajstić information content (AvgIpc) is 2.61. The zero-order valence-electron chi connectivity index (χ0n) is 17.8. The summed E-state index contributed by atoms with van der Waals surface area (Å²) in [6.07, 6.45) is -1.07. The van der Waals surface area contributed by atoms with E-state index >= 15 is 0 Å². The molecule has 1 atom stereocenters. The van der Waals surface area contributed by atoms with Gasteiger partial charge in [0.15, 0.2) is 6.10 Å². The summed E-state index contributed by atoms with van der Waals surface area (Å²) in [6.45, 7) is 10.7. The van der Waals surface area contributed by atoms with Gasteiger partial charge in [0.2, 0.25) is 0 Å². The van der Waals surface area contributed by atoms with Crippen LogP contribution in [0.15, 0.2) is 24.3 Å². The van der Waals surface area contributed by atoms with Crippen LogP contribution >= 0.6 is 11.6 Å². The number of carbonyl (C=O) groups excluding carboxylic acids is 1. The molecule has 0 unspecified atom stereocenters. The minimum Gasteiger partial charge on any atom is -0.467 e. The highest BCUT2D eigenvalue weighted by atomic mass is 35.5. The summed E-state index contributed by atoms with van der Waals surface area (Å²) in [5.74, 6) is -0.605. The zero-order chi connectivity index (χ0) is 22.1. The number of methoxy groups -OCH3 is 1. The van der Waals surface area contributed by atoms with Crippen molar-refractivity contribution >= 4 is 23.3 Å². The van der Waals surface area contributed by atoms with Gasteiger partial charge in [0, 0.05) is 16.1 Å². The average molecular weight is 420 g/mol. The van der Waals surface area contributed by atoms with Crippen molar-refractivity contribution in [3.63, 3.8) is 0 Å². The summed E-state index contributed by atoms with van der Waals surface area (Å²) in [5.41, 5.74) is 2.74. The molecule has 2 aromatic rings. The first-order chi connectivity index (χ1) is 13.4. The van der Waals surface area contributed by atoms with Gasteiger partial charge in [0.1, 0.15) is 0 Å². The molecule has 2 aromatic carbocycles. The smallest absolute Gasteiger partial charge is 0.339 e. The second-order valence-corrected chi connectivity index (χ2v) is 8.39. The van der Waals surface area contributed by atoms with Crippen LogP contribution in [0.5, 0.6) is 0 Å². The van der Waals surface area contributed by atoms with Crippen LogP contribution in [0, 0.1) is 30.9 Å². The van der Waals surface area contributed by atoms with Crippen LogP contribution in [-0.4, -0.2) is 23.6 Å². The van der Waals surface area contributed by atoms with Gasteiger partial charge in [-0.15, -0.1) is 0 Å². The third-order valence-electron chi connectivity index (χ3n) is 4.59. The maximum Gasteiger partial charge on any atom is 0.339 e. The molecule has 0 fully saturated rings. The van der Waals surface area contributed by atoms with Gasteiger partial charge in [0.05, 0.1) is 23.2 Å². The highest BCUT2D eigenvalue weighted by Crippen LogP contribution is 2.41. The van der Waals surface area contributed by atoms with E-state index < -0.39 is 22.6 Å². The monoisotopic (exact) mass is 419 g/mol. The summed E-state index contributed by atoms with van der Waals surface area (Å²) in [6, 6.07) is 7.06. The maximum absolute atomic E-state index is 12.4. The number of nitro groups is 1. The van der Waals surface area contributed by atoms with Gasteiger partial charge in [-0.3, -0.25) is 10.1 Å². The fourth-order valence-corrected chi connectivity index (χ4v) is 3.41. The Morgan fingerprint density at radius 3 is 2.24 bits per heavy atom. The largest absolute Gasteiger partial charge is 0.467 e. The molecule has 0 N–H and O–H groups in total. The third kappa shape index (κ3) is 4.95. The predicted octanol–water partition coefficient (Wildman–Crippen LogP) is 5.87. The first kappa shape index (κ1) is 22.8. The van der Waals surface area contributed by atoms with Crippen LogP contribution in [0.2, 0.25) is 5.02 Å². The number of ether oxygens (including phenoxy) is 2. The molecule has 0 aliphatic heterocycles. The number of rotatable bonds is 5. The zero-order valence-corrected chi connectivity index (χ0v) is 18.5. The molecule has 156 valence electrons. The molecule has 6 nitrogen and oxygen atoms in total. The standard InChI is InChI=1S/C22H26ClNO5/c1-12-10-15(8-9-17(12)23)18-13(2)11-16(14(3)19(18)24(26)27)20(21(25)28-7)29-22(4,5)6/h8-11,20H,1-7H3/t20-/m0/s1. The molecule has 0 saturated carbocycles. The van der Waals surface area contributed by atoms with Crippen LogP contribution in [0.1, 0.15) is 49.1 Å². The van der Waals surface area contributed by atoms with Crippen molar-refractivity contribution in [3.05, 3.63) is 61.7 Å². The van der Waals surface area contributed by atoms with Crippen LogP contribution < -0.4 is 0 Å². The van der Waals surface area contributed by atoms with Gasteiger partial charge in [-0.1, -0.05) is 23.7 Å². The Hall–Kier alpha value is -2.44. The summed E-state index contributed by atoms with van der Waals surface area (Å²) in [7, 11) is 1.27. The van der Waals surface area contributed by atoms with Gasteiger partial charge >= 0.3 is 5.97 Å². The summed E-state index contributed by atoms with van der Waals surface area (Å²) < 4.78 is 10.8. The molecule has 0 amide bonds. The predicted molar refractivity (Wildman–Crippen MR) is 113 cm³/mol. The third-order valence-corrected chi connectivity index (χ3v) is 5.01. The lowest BCUT2D eigenvalue weighted by Gasteiger charge is -2.27. The normalized spacial score (nSPS) is 12.6. The second kappa shape index (κ2) is 8.51. The SMILES string of the molecule is COC(=O)[C@@H](OC(C)(C)C)c1cc(C)c(-c2ccc(Cl)c(C)c2)c([N+](=O)[O-])c1C. The summed E-state index contributed by atoms with van der Waals surface area (Å²) >= 11 is 6.12. The first-order valence-electron chi connectivity index (χ1n) is 9.18. The molecular weight excluding hydrogens is 394 g/mol. The molecule has 0 saturated heterocycles. The topological polar surface area (TPSA) is 78.7 Å². The Morgan fingerprint density at radius 1 is 1.14 bits per heavy atom. The van der Waals surface area contributed by atoms with Crippen LogP contribution in [0.25, 0.3) is 11.1 Å². The second-order valence-electron chi connectivity index (χ2n) is 7.99. The molecule has 0 aliphatic carbocycles. The van der Waals surface area contributed by atoms with E-state index in [2.05, 4.69) is 0 Å². The fourth-order valence-electron chi connectivity index (χ4n) is 3.29. The molecule has 0 aromatic heterocycles. The van der Waals surface area contributed by atoms with E-state index in [1.54, 1.807) is 32.0 Å². The van der Waals surface area contributed by atoms with Crippen molar-refractivity contribution in [2.45, 2.75) is 53.2 Å². The number of hydrogen-bond donors (Lipinski definition) is 0. The lowest BCUT2D eigenvalue weighted by atomic mass is 9.89. The molecule has 0 heterocycles. The van der Waals surface area contributed by atoms with Crippen LogP contribution in [-0.2, 0) is 14.3 Å². The first-order valence-corrected chi connectivity index (χ1v) is 9.55. The van der Waals surface area contributed by atoms with Crippen LogP contribution in [0.4, 0.5) is 5.69 Å². The lowest BCUT2D eigenvalue weighted by molar-refractivity contribution is -0.384. The molecule has 0 bridgehead atoms. The van der Waals surface area contributed by atoms with E-state index in [0.717, 1.165) is 5.56 Å². The number of halogens is 1. The fraction of sp³-hybridized carbons (Fsp3) is 0.409. The molecule has 7 heteroatoms. The number of benzene rings is 2. The van der Waals surface area contributed by atoms with E-state index in [-0.39, 0.29) is 5.69 Å². The van der Waals surface area contributed by atoms with E-state index in [1.165, 1.54) is 7.11 Å². The van der Waals surface area contributed by atoms with Crippen molar-refractivity contribution in [2.24, 2.45) is 0 Å². The summed E-state index contributed by atoms with van der Waals surface area (Å²) in [5, 5.41) is 12.6. The highest BCUT2D eigenvalue weighted by Gasteiger charge is 2.34. The minimum atomic E-state index is -1.07. The minimum absolute atomic E-state index is 0.0619. The van der Waals surface area contributed by atoms with E-state index in [1.807, 2.05) is 33.8 Å². The quantitative estimate of drug-likeness (QED) is 0.344. The van der Waals surface area contributed by atoms with Gasteiger partial charge < -0.3 is 9.47 Å². The van der Waals surface area contributed by atoms with Gasteiger partial charge in [-0.2, -0.15) is 0 Å². The number of esters is 1. The van der Waals surface area contributed by atoms with Crippen molar-refractivity contribution in [1.29, 1.82) is 0 Å². The number of nitrogens with zero attached hydrogens (tertiary/aromatic N) is 1. The Bertz CT molecular complexity index is 963. The number of carbonyl (C=O) groups is 1. The number of nitro benzene ring substituents is 1. The van der Waals surface area contributed by atoms with E-state index in [4.69, 9.17) is 21.1 Å². The van der Waals surface area contributed by atoms with Crippen molar-refractivity contribution in [2.75, 3.05) is 7.11 Å². The molecule has 29 heavy (non-hydrogen) atoms. The Balaban J connectivity index is 2.79. The Labute approximate surface area is 175 Å². The Kier molecular flexibility index (Phi) is 6.71. The van der Waals surface area contributed by atoms with Crippen LogP contribution in [0.3, 0.4) is 0 Å². The molecule has 0 spiro atoms. The summed E-state index contributed by atoms with van der Waals surface area (Å²) in [4.78, 5) is 24.1. The molecule has 2 rings (SSSR count). The van der Waals surface area contributed by atoms with Crippen molar-refractivity contribution < 1.29 is 19.2 Å². The van der Waals surface area contributed by atoms with Gasteiger partial charge in [-0.05, 0) is 70.4 Å². The Morgan fingerprint density at radius 2 is 1.76 bits per heavy atom. The number of hydrogen-bond acceptors (Lipinski definition) is 5. The van der Waals surface area contributed by atoms with E-state index in [0.29, 0.717) is 32.8 Å². The molecule has 0 radical (unpaired) electrons. The number of aryl methyl sites for hydroxylation is 2.